The van der Waals surface area contributed by atoms with Gasteiger partial charge < -0.3 is 0 Å². The third-order valence-electron chi connectivity index (χ3n) is 2.65. The van der Waals surface area contributed by atoms with Gasteiger partial charge in [0.2, 0.25) is 0 Å². The Morgan fingerprint density at radius 2 is 1.93 bits per heavy atom. The first kappa shape index (κ1) is 8.94. The van der Waals surface area contributed by atoms with Gasteiger partial charge in [0.1, 0.15) is 5.65 Å². The van der Waals surface area contributed by atoms with Crippen molar-refractivity contribution in [2.45, 2.75) is 20.8 Å². The van der Waals surface area contributed by atoms with E-state index in [2.05, 4.69) is 11.6 Å². The van der Waals surface area contributed by atoms with Crippen LogP contribution >= 0.6 is 0 Å². The lowest BCUT2D eigenvalue weighted by Gasteiger charge is -1.95. The lowest BCUT2D eigenvalue weighted by atomic mass is 10.2. The van der Waals surface area contributed by atoms with Gasteiger partial charge in [-0.3, -0.25) is 9.20 Å². The largest absolute Gasteiger partial charge is 0.269 e. The molecule has 14 heavy (non-hydrogen) atoms. The van der Waals surface area contributed by atoms with E-state index in [4.69, 9.17) is 0 Å². The first-order chi connectivity index (χ1) is 6.52. The van der Waals surface area contributed by atoms with E-state index >= 15 is 0 Å². The summed E-state index contributed by atoms with van der Waals surface area (Å²) < 4.78 is 1.57. The molecule has 0 aliphatic heterocycles. The Bertz CT molecular complexity index is 610. The summed E-state index contributed by atoms with van der Waals surface area (Å²) in [4.78, 5) is 16.0. The van der Waals surface area contributed by atoms with Crippen molar-refractivity contribution in [3.63, 3.8) is 0 Å². The zero-order valence-corrected chi connectivity index (χ0v) is 8.59. The molecular formula is C11H12N2O. The molecule has 3 heteroatoms. The molecular weight excluding hydrogens is 176 g/mol. The van der Waals surface area contributed by atoms with Crippen molar-refractivity contribution in [1.82, 2.24) is 9.38 Å². The molecule has 2 aromatic rings. The summed E-state index contributed by atoms with van der Waals surface area (Å²) in [5.41, 5.74) is 3.52. The predicted molar refractivity (Wildman–Crippen MR) is 56.4 cm³/mol. The van der Waals surface area contributed by atoms with E-state index in [9.17, 15) is 4.79 Å². The van der Waals surface area contributed by atoms with Crippen LogP contribution in [0.2, 0.25) is 0 Å². The van der Waals surface area contributed by atoms with Crippen LogP contribution in [0.3, 0.4) is 0 Å². The molecule has 0 aromatic carbocycles. The Kier molecular flexibility index (Phi) is 1.71. The van der Waals surface area contributed by atoms with Crippen molar-refractivity contribution in [2.24, 2.45) is 0 Å². The smallest absolute Gasteiger partial charge is 0.258 e. The molecule has 2 aromatic heterocycles. The Hall–Kier alpha value is -1.64. The standard InChI is InChI=1S/C11H12N2O/c1-6-5-10(14)13-9(4)7(2)8(3)11(13)12-6/h5H,4H2,1-3H3. The van der Waals surface area contributed by atoms with Crippen LogP contribution in [0.4, 0.5) is 0 Å². The molecule has 0 saturated carbocycles. The van der Waals surface area contributed by atoms with E-state index in [0.29, 0.717) is 0 Å². The molecule has 2 heterocycles. The van der Waals surface area contributed by atoms with Gasteiger partial charge in [0.25, 0.3) is 5.56 Å². The van der Waals surface area contributed by atoms with Crippen LogP contribution in [0.5, 0.6) is 0 Å². The van der Waals surface area contributed by atoms with Gasteiger partial charge >= 0.3 is 0 Å². The maximum absolute atomic E-state index is 11.7. The van der Waals surface area contributed by atoms with Gasteiger partial charge in [-0.05, 0) is 31.9 Å². The molecule has 0 N–H and O–H groups in total. The van der Waals surface area contributed by atoms with E-state index in [1.165, 1.54) is 6.07 Å². The van der Waals surface area contributed by atoms with Crippen molar-refractivity contribution in [3.8, 4) is 0 Å². The topological polar surface area (TPSA) is 34.4 Å². The predicted octanol–water partition coefficient (Wildman–Crippen LogP) is 0.749. The average Bonchev–Trinajstić information content (AvgIpc) is 2.31. The van der Waals surface area contributed by atoms with Crippen molar-refractivity contribution >= 4 is 12.2 Å². The fraction of sp³-hybridized carbons (Fsp3) is 0.273. The summed E-state index contributed by atoms with van der Waals surface area (Å²) in [6.07, 6.45) is 0. The van der Waals surface area contributed by atoms with Gasteiger partial charge in [0, 0.05) is 17.1 Å². The highest BCUT2D eigenvalue weighted by molar-refractivity contribution is 5.53. The molecule has 2 rings (SSSR count). The van der Waals surface area contributed by atoms with Crippen LogP contribution in [-0.4, -0.2) is 9.38 Å². The third-order valence-corrected chi connectivity index (χ3v) is 2.65. The average molecular weight is 188 g/mol. The highest BCUT2D eigenvalue weighted by Crippen LogP contribution is 2.08. The van der Waals surface area contributed by atoms with Crippen LogP contribution in [-0.2, 0) is 0 Å². The second-order valence-electron chi connectivity index (χ2n) is 3.59. The fourth-order valence-electron chi connectivity index (χ4n) is 1.66. The van der Waals surface area contributed by atoms with Gasteiger partial charge in [0.15, 0.2) is 0 Å². The van der Waals surface area contributed by atoms with Crippen molar-refractivity contribution in [3.05, 3.63) is 38.6 Å². The van der Waals surface area contributed by atoms with Gasteiger partial charge in [-0.25, -0.2) is 4.98 Å². The van der Waals surface area contributed by atoms with E-state index in [-0.39, 0.29) is 5.56 Å². The number of nitrogens with zero attached hydrogens (tertiary/aromatic N) is 2. The van der Waals surface area contributed by atoms with Gasteiger partial charge in [0.05, 0.1) is 0 Å². The molecule has 0 bridgehead atoms. The van der Waals surface area contributed by atoms with Crippen LogP contribution in [0.15, 0.2) is 10.9 Å². The summed E-state index contributed by atoms with van der Waals surface area (Å²) in [5.74, 6) is 0. The highest BCUT2D eigenvalue weighted by atomic mass is 16.1. The number of hydrogen-bond donors (Lipinski definition) is 0. The zero-order valence-electron chi connectivity index (χ0n) is 8.59. The number of aryl methyl sites for hydroxylation is 2. The Labute approximate surface area is 81.7 Å². The minimum Gasteiger partial charge on any atom is -0.269 e. The minimum atomic E-state index is -0.0475. The van der Waals surface area contributed by atoms with Gasteiger partial charge in [-0.1, -0.05) is 6.58 Å². The Balaban J connectivity index is 3.19. The van der Waals surface area contributed by atoms with E-state index in [1.807, 2.05) is 20.8 Å². The third kappa shape index (κ3) is 0.985. The summed E-state index contributed by atoms with van der Waals surface area (Å²) in [6.45, 7) is 9.63. The first-order valence-corrected chi connectivity index (χ1v) is 4.50. The van der Waals surface area contributed by atoms with Crippen LogP contribution in [0.1, 0.15) is 16.8 Å². The molecule has 0 unspecified atom stereocenters. The number of hydrogen-bond acceptors (Lipinski definition) is 2. The number of aromatic nitrogens is 2. The molecule has 0 aliphatic carbocycles. The SMILES string of the molecule is C=c1c(C)c(C)c2nc(C)cc(=O)n12. The van der Waals surface area contributed by atoms with Crippen molar-refractivity contribution in [2.75, 3.05) is 0 Å². The molecule has 3 nitrogen and oxygen atoms in total. The van der Waals surface area contributed by atoms with E-state index in [0.717, 1.165) is 27.8 Å². The van der Waals surface area contributed by atoms with Crippen LogP contribution in [0.25, 0.3) is 12.2 Å². The monoisotopic (exact) mass is 188 g/mol. The normalized spacial score (nSPS) is 11.1. The Morgan fingerprint density at radius 1 is 1.29 bits per heavy atom. The molecule has 0 aliphatic rings. The molecule has 72 valence electrons. The molecule has 0 saturated heterocycles. The lowest BCUT2D eigenvalue weighted by molar-refractivity contribution is 1.01. The maximum atomic E-state index is 11.7. The minimum absolute atomic E-state index is 0.0475. The fourth-order valence-corrected chi connectivity index (χ4v) is 1.66. The maximum Gasteiger partial charge on any atom is 0.258 e. The highest BCUT2D eigenvalue weighted by Gasteiger charge is 2.09. The lowest BCUT2D eigenvalue weighted by Crippen LogP contribution is -2.23. The van der Waals surface area contributed by atoms with Crippen LogP contribution in [0, 0.1) is 20.8 Å². The first-order valence-electron chi connectivity index (χ1n) is 4.50. The molecule has 0 spiro atoms. The number of rotatable bonds is 0. The molecule has 0 atom stereocenters. The van der Waals surface area contributed by atoms with Crippen LogP contribution < -0.4 is 10.9 Å². The summed E-state index contributed by atoms with van der Waals surface area (Å²) >= 11 is 0. The van der Waals surface area contributed by atoms with E-state index < -0.39 is 0 Å². The molecule has 0 radical (unpaired) electrons. The summed E-state index contributed by atoms with van der Waals surface area (Å²) in [5, 5.41) is 0.745. The van der Waals surface area contributed by atoms with Crippen molar-refractivity contribution in [1.29, 1.82) is 0 Å². The summed E-state index contributed by atoms with van der Waals surface area (Å²) in [6, 6.07) is 1.53. The second kappa shape index (κ2) is 2.67. The van der Waals surface area contributed by atoms with Gasteiger partial charge in [-0.2, -0.15) is 0 Å². The van der Waals surface area contributed by atoms with Crippen molar-refractivity contribution < 1.29 is 0 Å². The molecule has 0 amide bonds. The van der Waals surface area contributed by atoms with E-state index in [1.54, 1.807) is 4.40 Å². The Morgan fingerprint density at radius 3 is 2.57 bits per heavy atom. The second-order valence-corrected chi connectivity index (χ2v) is 3.59. The zero-order chi connectivity index (χ0) is 10.5. The number of fused-ring (bicyclic) bond motifs is 1. The summed E-state index contributed by atoms with van der Waals surface area (Å²) in [7, 11) is 0. The van der Waals surface area contributed by atoms with Gasteiger partial charge in [-0.15, -0.1) is 0 Å². The molecule has 0 fully saturated rings. The quantitative estimate of drug-likeness (QED) is 0.611.